The van der Waals surface area contributed by atoms with Crippen LogP contribution in [0, 0.1) is 0 Å². The Balaban J connectivity index is 2.32. The predicted molar refractivity (Wildman–Crippen MR) is 84.8 cm³/mol. The zero-order valence-corrected chi connectivity index (χ0v) is 14.0. The number of benzene rings is 1. The van der Waals surface area contributed by atoms with Gasteiger partial charge in [0.2, 0.25) is 0 Å². The van der Waals surface area contributed by atoms with Crippen molar-refractivity contribution in [3.05, 3.63) is 40.6 Å². The highest BCUT2D eigenvalue weighted by Gasteiger charge is 2.18. The van der Waals surface area contributed by atoms with Crippen molar-refractivity contribution in [2.24, 2.45) is 12.8 Å². The van der Waals surface area contributed by atoms with Gasteiger partial charge in [-0.2, -0.15) is 0 Å². The Morgan fingerprint density at radius 1 is 1.38 bits per heavy atom. The molecule has 3 N–H and O–H groups in total. The molecule has 6 nitrogen and oxygen atoms in total. The molecule has 1 aromatic carbocycles. The molecule has 2 aromatic rings. The second kappa shape index (κ2) is 6.08. The number of halogens is 1. The van der Waals surface area contributed by atoms with Gasteiger partial charge in [0.1, 0.15) is 10.6 Å². The molecule has 0 saturated heterocycles. The number of hydrogen-bond donors (Lipinski definition) is 2. The van der Waals surface area contributed by atoms with Gasteiger partial charge < -0.3 is 15.0 Å². The van der Waals surface area contributed by atoms with Crippen LogP contribution in [-0.2, 0) is 23.6 Å². The summed E-state index contributed by atoms with van der Waals surface area (Å²) < 4.78 is 34.8. The highest BCUT2D eigenvalue weighted by atomic mass is 79.9. The number of sulfonamides is 1. The SMILES string of the molecule is COc1cc(NS(=O)(=O)c2cc(CN)n(C)c2)ccc1Br. The molecular weight excluding hydrogens is 358 g/mol. The molecule has 0 atom stereocenters. The van der Waals surface area contributed by atoms with Crippen molar-refractivity contribution in [3.63, 3.8) is 0 Å². The maximum atomic E-state index is 12.3. The quantitative estimate of drug-likeness (QED) is 0.839. The molecule has 0 fully saturated rings. The standard InChI is InChI=1S/C13H16BrN3O3S/c1-17-8-11(6-10(17)7-15)21(18,19)16-9-3-4-12(14)13(5-9)20-2/h3-6,8,16H,7,15H2,1-2H3. The van der Waals surface area contributed by atoms with Crippen LogP contribution in [0.4, 0.5) is 5.69 Å². The highest BCUT2D eigenvalue weighted by molar-refractivity contribution is 9.10. The summed E-state index contributed by atoms with van der Waals surface area (Å²) in [6.07, 6.45) is 1.53. The van der Waals surface area contributed by atoms with Crippen LogP contribution in [0.2, 0.25) is 0 Å². The van der Waals surface area contributed by atoms with Gasteiger partial charge in [-0.05, 0) is 34.1 Å². The molecule has 0 unspecified atom stereocenters. The van der Waals surface area contributed by atoms with E-state index < -0.39 is 10.0 Å². The second-order valence-corrected chi connectivity index (χ2v) is 6.97. The first kappa shape index (κ1) is 15.9. The van der Waals surface area contributed by atoms with Gasteiger partial charge >= 0.3 is 0 Å². The number of nitrogens with zero attached hydrogens (tertiary/aromatic N) is 1. The van der Waals surface area contributed by atoms with E-state index >= 15 is 0 Å². The van der Waals surface area contributed by atoms with Gasteiger partial charge in [-0.15, -0.1) is 0 Å². The largest absolute Gasteiger partial charge is 0.495 e. The minimum Gasteiger partial charge on any atom is -0.495 e. The van der Waals surface area contributed by atoms with E-state index in [9.17, 15) is 8.42 Å². The van der Waals surface area contributed by atoms with Crippen LogP contribution >= 0.6 is 15.9 Å². The van der Waals surface area contributed by atoms with Gasteiger partial charge in [-0.1, -0.05) is 0 Å². The third-order valence-electron chi connectivity index (χ3n) is 3.01. The molecule has 0 aliphatic rings. The zero-order chi connectivity index (χ0) is 15.6. The van der Waals surface area contributed by atoms with Crippen LogP contribution < -0.4 is 15.2 Å². The monoisotopic (exact) mass is 373 g/mol. The molecule has 1 heterocycles. The Kier molecular flexibility index (Phi) is 4.60. The lowest BCUT2D eigenvalue weighted by molar-refractivity contribution is 0.412. The summed E-state index contributed by atoms with van der Waals surface area (Å²) in [6, 6.07) is 6.52. The average molecular weight is 374 g/mol. The number of ether oxygens (including phenoxy) is 1. The molecule has 1 aromatic heterocycles. The first-order valence-corrected chi connectivity index (χ1v) is 8.36. The fraction of sp³-hybridized carbons (Fsp3) is 0.231. The molecule has 0 amide bonds. The lowest BCUT2D eigenvalue weighted by Crippen LogP contribution is -2.12. The van der Waals surface area contributed by atoms with Gasteiger partial charge in [0.25, 0.3) is 10.0 Å². The van der Waals surface area contributed by atoms with Gasteiger partial charge in [-0.25, -0.2) is 8.42 Å². The smallest absolute Gasteiger partial charge is 0.263 e. The molecule has 2 rings (SSSR count). The minimum atomic E-state index is -3.66. The first-order chi connectivity index (χ1) is 9.87. The fourth-order valence-corrected chi connectivity index (χ4v) is 3.42. The second-order valence-electron chi connectivity index (χ2n) is 4.44. The van der Waals surface area contributed by atoms with Gasteiger partial charge in [0.05, 0.1) is 17.3 Å². The van der Waals surface area contributed by atoms with Crippen LogP contribution in [0.3, 0.4) is 0 Å². The van der Waals surface area contributed by atoms with E-state index in [-0.39, 0.29) is 11.4 Å². The van der Waals surface area contributed by atoms with E-state index in [0.29, 0.717) is 11.4 Å². The Morgan fingerprint density at radius 2 is 2.10 bits per heavy atom. The van der Waals surface area contributed by atoms with Crippen molar-refractivity contribution in [1.29, 1.82) is 0 Å². The van der Waals surface area contributed by atoms with Crippen LogP contribution in [0.15, 0.2) is 39.8 Å². The summed E-state index contributed by atoms with van der Waals surface area (Å²) in [5, 5.41) is 0. The van der Waals surface area contributed by atoms with Crippen molar-refractivity contribution in [1.82, 2.24) is 4.57 Å². The molecule has 0 bridgehead atoms. The lowest BCUT2D eigenvalue weighted by atomic mass is 10.3. The minimum absolute atomic E-state index is 0.173. The topological polar surface area (TPSA) is 86.3 Å². The molecule has 114 valence electrons. The molecule has 0 aliphatic carbocycles. The fourth-order valence-electron chi connectivity index (χ4n) is 1.86. The summed E-state index contributed by atoms with van der Waals surface area (Å²) in [4.78, 5) is 0.173. The molecule has 21 heavy (non-hydrogen) atoms. The number of aromatic nitrogens is 1. The Morgan fingerprint density at radius 3 is 2.67 bits per heavy atom. The number of nitrogens with two attached hydrogens (primary N) is 1. The van der Waals surface area contributed by atoms with E-state index in [0.717, 1.165) is 10.2 Å². The lowest BCUT2D eigenvalue weighted by Gasteiger charge is -2.09. The Hall–Kier alpha value is -1.51. The number of methoxy groups -OCH3 is 1. The van der Waals surface area contributed by atoms with Crippen LogP contribution in [0.25, 0.3) is 0 Å². The van der Waals surface area contributed by atoms with E-state index in [4.69, 9.17) is 10.5 Å². The maximum absolute atomic E-state index is 12.3. The zero-order valence-electron chi connectivity index (χ0n) is 11.6. The van der Waals surface area contributed by atoms with Crippen LogP contribution in [0.1, 0.15) is 5.69 Å². The summed E-state index contributed by atoms with van der Waals surface area (Å²) in [5.41, 5.74) is 6.72. The number of nitrogens with one attached hydrogen (secondary N) is 1. The van der Waals surface area contributed by atoms with Crippen molar-refractivity contribution in [2.75, 3.05) is 11.8 Å². The number of rotatable bonds is 5. The number of anilines is 1. The number of aryl methyl sites for hydroxylation is 1. The van der Waals surface area contributed by atoms with Gasteiger partial charge in [0.15, 0.2) is 0 Å². The normalized spacial score (nSPS) is 11.4. The third kappa shape index (κ3) is 3.39. The third-order valence-corrected chi connectivity index (χ3v) is 5.01. The van der Waals surface area contributed by atoms with Gasteiger partial charge in [-0.3, -0.25) is 4.72 Å². The van der Waals surface area contributed by atoms with Crippen molar-refractivity contribution >= 4 is 31.6 Å². The van der Waals surface area contributed by atoms with E-state index in [1.54, 1.807) is 35.9 Å². The van der Waals surface area contributed by atoms with E-state index in [1.807, 2.05) is 0 Å². The molecule has 0 spiro atoms. The predicted octanol–water partition coefficient (Wildman–Crippen LogP) is 2.06. The molecule has 0 aliphatic heterocycles. The Labute approximate surface area is 132 Å². The summed E-state index contributed by atoms with van der Waals surface area (Å²) in [6.45, 7) is 0.276. The van der Waals surface area contributed by atoms with Crippen LogP contribution in [-0.4, -0.2) is 20.1 Å². The molecule has 8 heteroatoms. The highest BCUT2D eigenvalue weighted by Crippen LogP contribution is 2.29. The van der Waals surface area contributed by atoms with Crippen LogP contribution in [0.5, 0.6) is 5.75 Å². The van der Waals surface area contributed by atoms with E-state index in [2.05, 4.69) is 20.7 Å². The molecule has 0 saturated carbocycles. The Bertz CT molecular complexity index is 756. The van der Waals surface area contributed by atoms with Crippen molar-refractivity contribution in [2.45, 2.75) is 11.4 Å². The first-order valence-electron chi connectivity index (χ1n) is 6.09. The van der Waals surface area contributed by atoms with E-state index in [1.165, 1.54) is 13.3 Å². The summed E-state index contributed by atoms with van der Waals surface area (Å²) >= 11 is 3.32. The van der Waals surface area contributed by atoms with Gasteiger partial charge in [0, 0.05) is 31.5 Å². The summed E-state index contributed by atoms with van der Waals surface area (Å²) in [5.74, 6) is 0.547. The molecule has 0 radical (unpaired) electrons. The van der Waals surface area contributed by atoms with Crippen molar-refractivity contribution < 1.29 is 13.2 Å². The van der Waals surface area contributed by atoms with Crippen molar-refractivity contribution in [3.8, 4) is 5.75 Å². The summed E-state index contributed by atoms with van der Waals surface area (Å²) in [7, 11) is -0.389. The average Bonchev–Trinajstić information content (AvgIpc) is 2.82. The maximum Gasteiger partial charge on any atom is 0.263 e. The molecular formula is C13H16BrN3O3S. The number of hydrogen-bond acceptors (Lipinski definition) is 4.